The standard InChI is InChI=1S/C17H18FNO3/c1-2-21-10-11-22-16-9-4-3-8-15(16)17(20)19-14-7-5-6-13(18)12-14/h3-9,12H,2,10-11H2,1H3,(H,19,20). The third kappa shape index (κ3) is 4.56. The number of carbonyl (C=O) groups is 1. The second-order valence-electron chi connectivity index (χ2n) is 4.51. The van der Waals surface area contributed by atoms with Gasteiger partial charge in [0.2, 0.25) is 0 Å². The molecule has 22 heavy (non-hydrogen) atoms. The molecule has 0 radical (unpaired) electrons. The van der Waals surface area contributed by atoms with Crippen molar-refractivity contribution < 1.29 is 18.7 Å². The summed E-state index contributed by atoms with van der Waals surface area (Å²) in [6, 6.07) is 12.6. The van der Waals surface area contributed by atoms with E-state index in [1.807, 2.05) is 6.92 Å². The average molecular weight is 303 g/mol. The van der Waals surface area contributed by atoms with Crippen LogP contribution in [0.3, 0.4) is 0 Å². The number of benzene rings is 2. The number of hydrogen-bond acceptors (Lipinski definition) is 3. The smallest absolute Gasteiger partial charge is 0.259 e. The Balaban J connectivity index is 2.05. The zero-order chi connectivity index (χ0) is 15.8. The van der Waals surface area contributed by atoms with Gasteiger partial charge in [0.25, 0.3) is 5.91 Å². The van der Waals surface area contributed by atoms with E-state index in [-0.39, 0.29) is 5.91 Å². The average Bonchev–Trinajstić information content (AvgIpc) is 2.52. The maximum absolute atomic E-state index is 13.1. The minimum atomic E-state index is -0.404. The highest BCUT2D eigenvalue weighted by molar-refractivity contribution is 6.06. The molecule has 116 valence electrons. The Bertz CT molecular complexity index is 631. The van der Waals surface area contributed by atoms with Gasteiger partial charge < -0.3 is 14.8 Å². The third-order valence-corrected chi connectivity index (χ3v) is 2.90. The summed E-state index contributed by atoms with van der Waals surface area (Å²) < 4.78 is 23.9. The van der Waals surface area contributed by atoms with Crippen molar-refractivity contribution in [2.75, 3.05) is 25.1 Å². The number of para-hydroxylation sites is 1. The molecule has 0 saturated carbocycles. The topological polar surface area (TPSA) is 47.6 Å². The fourth-order valence-corrected chi connectivity index (χ4v) is 1.90. The van der Waals surface area contributed by atoms with E-state index in [0.717, 1.165) is 0 Å². The molecule has 0 aliphatic carbocycles. The molecule has 0 aliphatic rings. The lowest BCUT2D eigenvalue weighted by Crippen LogP contribution is -2.15. The van der Waals surface area contributed by atoms with Crippen LogP contribution >= 0.6 is 0 Å². The molecule has 0 bridgehead atoms. The molecule has 1 amide bonds. The van der Waals surface area contributed by atoms with Gasteiger partial charge in [0, 0.05) is 12.3 Å². The fraction of sp³-hybridized carbons (Fsp3) is 0.235. The van der Waals surface area contributed by atoms with Gasteiger partial charge in [-0.15, -0.1) is 0 Å². The van der Waals surface area contributed by atoms with Crippen LogP contribution in [-0.4, -0.2) is 25.7 Å². The summed E-state index contributed by atoms with van der Waals surface area (Å²) >= 11 is 0. The van der Waals surface area contributed by atoms with Crippen LogP contribution in [-0.2, 0) is 4.74 Å². The van der Waals surface area contributed by atoms with Crippen molar-refractivity contribution in [1.29, 1.82) is 0 Å². The first kappa shape index (κ1) is 16.0. The highest BCUT2D eigenvalue weighted by Gasteiger charge is 2.12. The number of halogens is 1. The van der Waals surface area contributed by atoms with E-state index in [2.05, 4.69) is 5.32 Å². The van der Waals surface area contributed by atoms with E-state index >= 15 is 0 Å². The number of hydrogen-bond donors (Lipinski definition) is 1. The summed E-state index contributed by atoms with van der Waals surface area (Å²) in [4.78, 5) is 12.3. The van der Waals surface area contributed by atoms with E-state index < -0.39 is 5.82 Å². The minimum absolute atomic E-state index is 0.349. The molecule has 0 fully saturated rings. The van der Waals surface area contributed by atoms with Gasteiger partial charge in [0.15, 0.2) is 0 Å². The number of amides is 1. The lowest BCUT2D eigenvalue weighted by atomic mass is 10.2. The van der Waals surface area contributed by atoms with Gasteiger partial charge in [0.05, 0.1) is 12.2 Å². The maximum Gasteiger partial charge on any atom is 0.259 e. The lowest BCUT2D eigenvalue weighted by molar-refractivity contribution is 0.0998. The number of carbonyl (C=O) groups excluding carboxylic acids is 1. The first-order valence-electron chi connectivity index (χ1n) is 7.07. The predicted octanol–water partition coefficient (Wildman–Crippen LogP) is 3.49. The van der Waals surface area contributed by atoms with Crippen molar-refractivity contribution in [2.45, 2.75) is 6.92 Å². The summed E-state index contributed by atoms with van der Waals surface area (Å²) in [6.07, 6.45) is 0. The molecule has 0 atom stereocenters. The number of anilines is 1. The third-order valence-electron chi connectivity index (χ3n) is 2.90. The summed E-state index contributed by atoms with van der Waals surface area (Å²) in [6.45, 7) is 3.33. The SMILES string of the molecule is CCOCCOc1ccccc1C(=O)Nc1cccc(F)c1. The van der Waals surface area contributed by atoms with Gasteiger partial charge >= 0.3 is 0 Å². The molecule has 0 spiro atoms. The van der Waals surface area contributed by atoms with Crippen LogP contribution in [0.2, 0.25) is 0 Å². The highest BCUT2D eigenvalue weighted by atomic mass is 19.1. The Morgan fingerprint density at radius 1 is 1.14 bits per heavy atom. The molecular formula is C17H18FNO3. The number of ether oxygens (including phenoxy) is 2. The van der Waals surface area contributed by atoms with Crippen LogP contribution in [0, 0.1) is 5.82 Å². The summed E-state index contributed by atoms with van der Waals surface area (Å²) in [5.74, 6) is -0.284. The van der Waals surface area contributed by atoms with Crippen LogP contribution in [0.25, 0.3) is 0 Å². The van der Waals surface area contributed by atoms with E-state index in [4.69, 9.17) is 9.47 Å². The van der Waals surface area contributed by atoms with Crippen LogP contribution in [0.5, 0.6) is 5.75 Å². The lowest BCUT2D eigenvalue weighted by Gasteiger charge is -2.11. The van der Waals surface area contributed by atoms with Gasteiger partial charge in [-0.1, -0.05) is 18.2 Å². The zero-order valence-electron chi connectivity index (χ0n) is 12.3. The molecule has 4 nitrogen and oxygen atoms in total. The quantitative estimate of drug-likeness (QED) is 0.796. The number of rotatable bonds is 7. The van der Waals surface area contributed by atoms with Gasteiger partial charge in [-0.3, -0.25) is 4.79 Å². The van der Waals surface area contributed by atoms with Crippen molar-refractivity contribution >= 4 is 11.6 Å². The van der Waals surface area contributed by atoms with E-state index in [1.165, 1.54) is 18.2 Å². The van der Waals surface area contributed by atoms with Gasteiger partial charge in [-0.2, -0.15) is 0 Å². The molecule has 0 saturated heterocycles. The molecule has 5 heteroatoms. The van der Waals surface area contributed by atoms with Crippen molar-refractivity contribution in [2.24, 2.45) is 0 Å². The van der Waals surface area contributed by atoms with Gasteiger partial charge in [-0.05, 0) is 37.3 Å². The molecule has 0 aromatic heterocycles. The second kappa shape index (κ2) is 8.14. The normalized spacial score (nSPS) is 10.3. The van der Waals surface area contributed by atoms with E-state index in [1.54, 1.807) is 30.3 Å². The zero-order valence-corrected chi connectivity index (χ0v) is 12.3. The molecule has 0 heterocycles. The minimum Gasteiger partial charge on any atom is -0.490 e. The first-order chi connectivity index (χ1) is 10.7. The first-order valence-corrected chi connectivity index (χ1v) is 7.07. The monoisotopic (exact) mass is 303 g/mol. The largest absolute Gasteiger partial charge is 0.490 e. The van der Waals surface area contributed by atoms with Crippen LogP contribution in [0.1, 0.15) is 17.3 Å². The molecule has 0 aliphatic heterocycles. The molecule has 2 rings (SSSR count). The Morgan fingerprint density at radius 2 is 1.95 bits per heavy atom. The molecule has 1 N–H and O–H groups in total. The van der Waals surface area contributed by atoms with Crippen LogP contribution < -0.4 is 10.1 Å². The van der Waals surface area contributed by atoms with Crippen molar-refractivity contribution in [3.63, 3.8) is 0 Å². The predicted molar refractivity (Wildman–Crippen MR) is 82.8 cm³/mol. The summed E-state index contributed by atoms with van der Waals surface area (Å²) in [5, 5.41) is 2.65. The molecule has 2 aromatic carbocycles. The molecule has 2 aromatic rings. The van der Waals surface area contributed by atoms with E-state index in [0.29, 0.717) is 36.8 Å². The maximum atomic E-state index is 13.1. The van der Waals surface area contributed by atoms with Gasteiger partial charge in [0.1, 0.15) is 18.2 Å². The van der Waals surface area contributed by atoms with Crippen molar-refractivity contribution in [3.8, 4) is 5.75 Å². The Hall–Kier alpha value is -2.40. The Labute approximate surface area is 128 Å². The van der Waals surface area contributed by atoms with Crippen molar-refractivity contribution in [3.05, 3.63) is 59.9 Å². The Kier molecular flexibility index (Phi) is 5.91. The van der Waals surface area contributed by atoms with Crippen LogP contribution in [0.4, 0.5) is 10.1 Å². The van der Waals surface area contributed by atoms with Crippen LogP contribution in [0.15, 0.2) is 48.5 Å². The highest BCUT2D eigenvalue weighted by Crippen LogP contribution is 2.20. The fourth-order valence-electron chi connectivity index (χ4n) is 1.90. The summed E-state index contributed by atoms with van der Waals surface area (Å²) in [5.41, 5.74) is 0.789. The number of nitrogens with one attached hydrogen (secondary N) is 1. The Morgan fingerprint density at radius 3 is 2.73 bits per heavy atom. The molecular weight excluding hydrogens is 285 g/mol. The van der Waals surface area contributed by atoms with E-state index in [9.17, 15) is 9.18 Å². The van der Waals surface area contributed by atoms with Gasteiger partial charge in [-0.25, -0.2) is 4.39 Å². The molecule has 0 unspecified atom stereocenters. The van der Waals surface area contributed by atoms with Crippen molar-refractivity contribution in [1.82, 2.24) is 0 Å². The summed E-state index contributed by atoms with van der Waals surface area (Å²) in [7, 11) is 0. The second-order valence-corrected chi connectivity index (χ2v) is 4.51.